The highest BCUT2D eigenvalue weighted by Gasteiger charge is 2.47. The first-order valence-corrected chi connectivity index (χ1v) is 7.58. The number of hydrogen-bond acceptors (Lipinski definition) is 4. The Bertz CT molecular complexity index is 566. The zero-order valence-corrected chi connectivity index (χ0v) is 12.3. The zero-order valence-electron chi connectivity index (χ0n) is 12.3. The van der Waals surface area contributed by atoms with Crippen LogP contribution >= 0.6 is 0 Å². The van der Waals surface area contributed by atoms with Crippen molar-refractivity contribution in [3.63, 3.8) is 0 Å². The number of carbonyl (C=O) groups excluding carboxylic acids is 2. The predicted octanol–water partition coefficient (Wildman–Crippen LogP) is 2.39. The highest BCUT2D eigenvalue weighted by atomic mass is 16.5. The van der Waals surface area contributed by atoms with Crippen LogP contribution < -0.4 is 0 Å². The van der Waals surface area contributed by atoms with E-state index in [9.17, 15) is 9.59 Å². The highest BCUT2D eigenvalue weighted by molar-refractivity contribution is 6.00. The second kappa shape index (κ2) is 5.60. The molecule has 1 aliphatic heterocycles. The fraction of sp³-hybridized carbons (Fsp3) is 0.529. The Balaban J connectivity index is 1.84. The maximum Gasteiger partial charge on any atom is 0.316 e. The topological polar surface area (TPSA) is 52.6 Å². The van der Waals surface area contributed by atoms with E-state index in [0.717, 1.165) is 12.0 Å². The van der Waals surface area contributed by atoms with Crippen LogP contribution in [0, 0.1) is 5.92 Å². The lowest BCUT2D eigenvalue weighted by Gasteiger charge is -2.42. The SMILES string of the molecule is CCOC(=O)C1CCC2(CC1=O)OCCc1ccccc12. The van der Waals surface area contributed by atoms with Crippen molar-refractivity contribution >= 4 is 11.8 Å². The molecule has 0 saturated heterocycles. The Labute approximate surface area is 124 Å². The van der Waals surface area contributed by atoms with Crippen molar-refractivity contribution in [3.05, 3.63) is 35.4 Å². The van der Waals surface area contributed by atoms with E-state index in [1.807, 2.05) is 18.2 Å². The van der Waals surface area contributed by atoms with Gasteiger partial charge in [-0.25, -0.2) is 0 Å². The second-order valence-electron chi connectivity index (χ2n) is 5.74. The molecule has 1 aromatic carbocycles. The second-order valence-corrected chi connectivity index (χ2v) is 5.74. The molecule has 21 heavy (non-hydrogen) atoms. The number of fused-ring (bicyclic) bond motifs is 2. The average molecular weight is 288 g/mol. The summed E-state index contributed by atoms with van der Waals surface area (Å²) in [7, 11) is 0. The van der Waals surface area contributed by atoms with Crippen LogP contribution in [0.4, 0.5) is 0 Å². The van der Waals surface area contributed by atoms with E-state index >= 15 is 0 Å². The summed E-state index contributed by atoms with van der Waals surface area (Å²) in [6, 6.07) is 8.15. The molecule has 2 aliphatic rings. The van der Waals surface area contributed by atoms with Gasteiger partial charge in [-0.05, 0) is 37.3 Å². The number of esters is 1. The van der Waals surface area contributed by atoms with Crippen LogP contribution in [0.15, 0.2) is 24.3 Å². The van der Waals surface area contributed by atoms with E-state index < -0.39 is 11.5 Å². The minimum atomic E-state index is -0.617. The molecule has 3 rings (SSSR count). The molecule has 1 aromatic rings. The van der Waals surface area contributed by atoms with E-state index in [2.05, 4.69) is 6.07 Å². The van der Waals surface area contributed by atoms with Crippen LogP contribution in [0.3, 0.4) is 0 Å². The third kappa shape index (κ3) is 2.48. The van der Waals surface area contributed by atoms with Crippen molar-refractivity contribution in [1.29, 1.82) is 0 Å². The largest absolute Gasteiger partial charge is 0.465 e. The van der Waals surface area contributed by atoms with Gasteiger partial charge in [0.1, 0.15) is 17.3 Å². The molecule has 4 nitrogen and oxygen atoms in total. The van der Waals surface area contributed by atoms with Gasteiger partial charge in [-0.15, -0.1) is 0 Å². The summed E-state index contributed by atoms with van der Waals surface area (Å²) in [6.45, 7) is 2.70. The molecule has 1 fully saturated rings. The van der Waals surface area contributed by atoms with Gasteiger partial charge in [-0.2, -0.15) is 0 Å². The normalized spacial score (nSPS) is 28.2. The fourth-order valence-corrected chi connectivity index (χ4v) is 3.49. The molecule has 4 heteroatoms. The van der Waals surface area contributed by atoms with Gasteiger partial charge < -0.3 is 9.47 Å². The van der Waals surface area contributed by atoms with Crippen molar-refractivity contribution in [2.75, 3.05) is 13.2 Å². The van der Waals surface area contributed by atoms with E-state index in [-0.39, 0.29) is 18.2 Å². The molecule has 0 N–H and O–H groups in total. The highest BCUT2D eigenvalue weighted by Crippen LogP contribution is 2.44. The molecule has 1 aliphatic carbocycles. The van der Waals surface area contributed by atoms with Crippen molar-refractivity contribution in [2.24, 2.45) is 5.92 Å². The predicted molar refractivity (Wildman–Crippen MR) is 76.8 cm³/mol. The molecule has 0 aromatic heterocycles. The molecule has 0 bridgehead atoms. The first-order valence-electron chi connectivity index (χ1n) is 7.58. The van der Waals surface area contributed by atoms with Gasteiger partial charge in [0, 0.05) is 6.42 Å². The summed E-state index contributed by atoms with van der Waals surface area (Å²) < 4.78 is 11.0. The maximum atomic E-state index is 12.4. The lowest BCUT2D eigenvalue weighted by atomic mass is 9.72. The minimum absolute atomic E-state index is 0.0589. The molecule has 2 atom stereocenters. The summed E-state index contributed by atoms with van der Waals surface area (Å²) in [4.78, 5) is 24.3. The monoisotopic (exact) mass is 288 g/mol. The van der Waals surface area contributed by atoms with E-state index in [0.29, 0.717) is 26.1 Å². The number of carbonyl (C=O) groups is 2. The van der Waals surface area contributed by atoms with Crippen LogP contribution in [0.2, 0.25) is 0 Å². The van der Waals surface area contributed by atoms with Gasteiger partial charge in [0.25, 0.3) is 0 Å². The van der Waals surface area contributed by atoms with Gasteiger partial charge >= 0.3 is 5.97 Å². The Morgan fingerprint density at radius 1 is 1.43 bits per heavy atom. The van der Waals surface area contributed by atoms with Crippen molar-refractivity contribution in [2.45, 2.75) is 38.2 Å². The molecule has 1 spiro atoms. The minimum Gasteiger partial charge on any atom is -0.465 e. The smallest absolute Gasteiger partial charge is 0.316 e. The molecule has 0 amide bonds. The Morgan fingerprint density at radius 3 is 3.00 bits per heavy atom. The van der Waals surface area contributed by atoms with Gasteiger partial charge in [0.05, 0.1) is 13.2 Å². The number of hydrogen-bond donors (Lipinski definition) is 0. The third-order valence-electron chi connectivity index (χ3n) is 4.51. The average Bonchev–Trinajstić information content (AvgIpc) is 2.48. The molecular weight excluding hydrogens is 268 g/mol. The third-order valence-corrected chi connectivity index (χ3v) is 4.51. The Hall–Kier alpha value is -1.68. The van der Waals surface area contributed by atoms with Gasteiger partial charge in [-0.1, -0.05) is 24.3 Å². The quantitative estimate of drug-likeness (QED) is 0.619. The molecule has 1 saturated carbocycles. The molecule has 112 valence electrons. The van der Waals surface area contributed by atoms with Crippen LogP contribution in [0.25, 0.3) is 0 Å². The van der Waals surface area contributed by atoms with E-state index in [4.69, 9.17) is 9.47 Å². The number of ketones is 1. The van der Waals surface area contributed by atoms with Gasteiger partial charge in [-0.3, -0.25) is 9.59 Å². The van der Waals surface area contributed by atoms with Crippen LogP contribution in [-0.4, -0.2) is 25.0 Å². The van der Waals surface area contributed by atoms with Crippen LogP contribution in [0.5, 0.6) is 0 Å². The van der Waals surface area contributed by atoms with Crippen molar-refractivity contribution in [3.8, 4) is 0 Å². The molecule has 2 unspecified atom stereocenters. The maximum absolute atomic E-state index is 12.4. The number of rotatable bonds is 2. The number of Topliss-reactive ketones (excluding diaryl/α,β-unsaturated/α-hetero) is 1. The Morgan fingerprint density at radius 2 is 2.24 bits per heavy atom. The molecule has 1 heterocycles. The first-order chi connectivity index (χ1) is 10.2. The number of ether oxygens (including phenoxy) is 2. The van der Waals surface area contributed by atoms with Crippen LogP contribution in [0.1, 0.15) is 37.3 Å². The first kappa shape index (κ1) is 14.3. The summed E-state index contributed by atoms with van der Waals surface area (Å²) in [5, 5.41) is 0. The summed E-state index contributed by atoms with van der Waals surface area (Å²) in [5.74, 6) is -1.06. The van der Waals surface area contributed by atoms with Crippen molar-refractivity contribution in [1.82, 2.24) is 0 Å². The number of benzene rings is 1. The summed E-state index contributed by atoms with van der Waals surface area (Å²) in [5.41, 5.74) is 1.84. The van der Waals surface area contributed by atoms with Crippen molar-refractivity contribution < 1.29 is 19.1 Å². The van der Waals surface area contributed by atoms with Gasteiger partial charge in [0.2, 0.25) is 0 Å². The molecular formula is C17H20O4. The standard InChI is InChI=1S/C17H20O4/c1-2-20-16(19)13-7-9-17(11-15(13)18)14-6-4-3-5-12(14)8-10-21-17/h3-6,13H,2,7-11H2,1H3. The molecule has 0 radical (unpaired) electrons. The summed E-state index contributed by atoms with van der Waals surface area (Å²) >= 11 is 0. The van der Waals surface area contributed by atoms with E-state index in [1.165, 1.54) is 5.56 Å². The summed E-state index contributed by atoms with van der Waals surface area (Å²) in [6.07, 6.45) is 2.35. The van der Waals surface area contributed by atoms with Crippen LogP contribution in [-0.2, 0) is 31.1 Å². The zero-order chi connectivity index (χ0) is 14.9. The Kier molecular flexibility index (Phi) is 3.81. The van der Waals surface area contributed by atoms with E-state index in [1.54, 1.807) is 6.92 Å². The lowest BCUT2D eigenvalue weighted by Crippen LogP contribution is -2.45. The fourth-order valence-electron chi connectivity index (χ4n) is 3.49. The lowest BCUT2D eigenvalue weighted by molar-refractivity contribution is -0.160. The van der Waals surface area contributed by atoms with Gasteiger partial charge in [0.15, 0.2) is 0 Å².